The number of hydrogen-bond acceptors (Lipinski definition) is 7. The normalized spacial score (nSPS) is 22.5. The maximum absolute atomic E-state index is 14.1. The van der Waals surface area contributed by atoms with E-state index >= 15 is 0 Å². The number of hydrogen-bond donors (Lipinski definition) is 3. The van der Waals surface area contributed by atoms with Gasteiger partial charge in [-0.05, 0) is 60.1 Å². The number of nitriles is 1. The van der Waals surface area contributed by atoms with Crippen LogP contribution in [0.2, 0.25) is 0 Å². The third kappa shape index (κ3) is 5.47. The molecule has 216 valence electrons. The number of aromatic amines is 1. The number of anilines is 1. The molecule has 2 aromatic heterocycles. The summed E-state index contributed by atoms with van der Waals surface area (Å²) in [5.41, 5.74) is 2.28. The number of piperidine rings is 1. The summed E-state index contributed by atoms with van der Waals surface area (Å²) in [6.07, 6.45) is 0.0647. The molecule has 3 aromatic rings. The maximum atomic E-state index is 14.1. The topological polar surface area (TPSA) is 131 Å². The number of fused-ring (bicyclic) bond motifs is 2. The van der Waals surface area contributed by atoms with Crippen LogP contribution in [0, 0.1) is 47.8 Å². The summed E-state index contributed by atoms with van der Waals surface area (Å²) in [6, 6.07) is 7.49. The molecule has 0 radical (unpaired) electrons. The number of pyridine rings is 1. The Balaban J connectivity index is 1.37. The van der Waals surface area contributed by atoms with Gasteiger partial charge in [0, 0.05) is 29.4 Å². The zero-order valence-electron chi connectivity index (χ0n) is 24.7. The van der Waals surface area contributed by atoms with Crippen molar-refractivity contribution in [3.8, 4) is 6.07 Å². The van der Waals surface area contributed by atoms with Crippen molar-refractivity contribution < 1.29 is 9.59 Å². The van der Waals surface area contributed by atoms with Crippen LogP contribution in [0.3, 0.4) is 0 Å². The van der Waals surface area contributed by atoms with Gasteiger partial charge in [0.2, 0.25) is 11.8 Å². The van der Waals surface area contributed by atoms with Gasteiger partial charge in [-0.15, -0.1) is 11.3 Å². The molecule has 2 amide bonds. The standard InChI is InChI=1S/C31H38N6O3S/c1-16-8-9-22-18(10-16)11-19(26(38)35-22)12-20(13-32)34-27(39)24-23-21(31(23,6)7)14-37(24)28(40)25(30(3,4)5)36-29-33-17(2)15-41-29/h8-11,15,20-21,23-25H,12,14H2,1-7H3,(H,33,36)(H,34,39)(H,35,38)/t20-,21-,23-,24-,25+/m0/s1. The van der Waals surface area contributed by atoms with Gasteiger partial charge in [-0.2, -0.15) is 5.26 Å². The summed E-state index contributed by atoms with van der Waals surface area (Å²) in [5.74, 6) is -0.297. The number of benzene rings is 1. The second kappa shape index (κ2) is 10.3. The number of thiazole rings is 1. The highest BCUT2D eigenvalue weighted by Crippen LogP contribution is 2.65. The second-order valence-corrected chi connectivity index (χ2v) is 14.1. The van der Waals surface area contributed by atoms with Crippen LogP contribution in [0.4, 0.5) is 5.13 Å². The molecule has 2 aliphatic rings. The first-order valence-electron chi connectivity index (χ1n) is 14.0. The van der Waals surface area contributed by atoms with Gasteiger partial charge >= 0.3 is 0 Å². The lowest BCUT2D eigenvalue weighted by Gasteiger charge is -2.37. The van der Waals surface area contributed by atoms with Crippen molar-refractivity contribution >= 4 is 39.2 Å². The quantitative estimate of drug-likeness (QED) is 0.388. The molecule has 3 heterocycles. The first-order valence-corrected chi connectivity index (χ1v) is 14.9. The molecule has 9 nitrogen and oxygen atoms in total. The van der Waals surface area contributed by atoms with E-state index in [1.807, 2.05) is 58.2 Å². The van der Waals surface area contributed by atoms with Crippen LogP contribution in [0.15, 0.2) is 34.4 Å². The Morgan fingerprint density at radius 3 is 2.63 bits per heavy atom. The number of carbonyl (C=O) groups excluding carboxylic acids is 2. The minimum atomic E-state index is -0.918. The first kappa shape index (κ1) is 28.8. The summed E-state index contributed by atoms with van der Waals surface area (Å²) in [6.45, 7) is 14.6. The average molecular weight is 575 g/mol. The lowest BCUT2D eigenvalue weighted by molar-refractivity contribution is -0.142. The van der Waals surface area contributed by atoms with E-state index < -0.39 is 23.5 Å². The highest BCUT2D eigenvalue weighted by atomic mass is 32.1. The predicted octanol–water partition coefficient (Wildman–Crippen LogP) is 4.16. The number of carbonyl (C=O) groups is 2. The summed E-state index contributed by atoms with van der Waals surface area (Å²) in [7, 11) is 0. The Morgan fingerprint density at radius 2 is 2.00 bits per heavy atom. The number of nitrogens with zero attached hydrogens (tertiary/aromatic N) is 3. The van der Waals surface area contributed by atoms with Crippen molar-refractivity contribution in [2.45, 2.75) is 73.0 Å². The zero-order valence-corrected chi connectivity index (χ0v) is 25.5. The van der Waals surface area contributed by atoms with Crippen molar-refractivity contribution in [1.82, 2.24) is 20.2 Å². The third-order valence-electron chi connectivity index (χ3n) is 8.73. The van der Waals surface area contributed by atoms with Crippen LogP contribution in [-0.4, -0.2) is 51.4 Å². The highest BCUT2D eigenvalue weighted by molar-refractivity contribution is 7.13. The van der Waals surface area contributed by atoms with Gasteiger partial charge in [0.05, 0.1) is 11.8 Å². The Bertz CT molecular complexity index is 1610. The van der Waals surface area contributed by atoms with E-state index in [9.17, 15) is 19.6 Å². The van der Waals surface area contributed by atoms with Gasteiger partial charge in [-0.3, -0.25) is 14.4 Å². The second-order valence-electron chi connectivity index (χ2n) is 13.2. The maximum Gasteiger partial charge on any atom is 0.251 e. The van der Waals surface area contributed by atoms with E-state index in [4.69, 9.17) is 0 Å². The SMILES string of the molecule is Cc1ccc2[nH]c(=O)c(C[C@@H](C#N)NC(=O)[C@@H]3[C@@H]4[C@H](CN3C(=O)[C@@H](Nc3nc(C)cs3)C(C)(C)C)C4(C)C)cc2c1. The Hall–Kier alpha value is -3.71. The lowest BCUT2D eigenvalue weighted by atomic mass is 9.85. The predicted molar refractivity (Wildman–Crippen MR) is 161 cm³/mol. The van der Waals surface area contributed by atoms with Crippen LogP contribution in [0.1, 0.15) is 51.4 Å². The number of likely N-dealkylation sites (tertiary alicyclic amines) is 1. The van der Waals surface area contributed by atoms with Gasteiger partial charge < -0.3 is 20.5 Å². The molecule has 1 aliphatic heterocycles. The van der Waals surface area contributed by atoms with Gasteiger partial charge in [-0.25, -0.2) is 4.98 Å². The summed E-state index contributed by atoms with van der Waals surface area (Å²) < 4.78 is 0. The summed E-state index contributed by atoms with van der Waals surface area (Å²) >= 11 is 1.45. The zero-order chi connectivity index (χ0) is 29.9. The summed E-state index contributed by atoms with van der Waals surface area (Å²) in [4.78, 5) is 49.8. The van der Waals surface area contributed by atoms with Crippen LogP contribution in [0.5, 0.6) is 0 Å². The van der Waals surface area contributed by atoms with Crippen molar-refractivity contribution in [2.75, 3.05) is 11.9 Å². The molecule has 2 fully saturated rings. The molecule has 1 saturated carbocycles. The van der Waals surface area contributed by atoms with Crippen molar-refractivity contribution in [3.05, 3.63) is 56.8 Å². The van der Waals surface area contributed by atoms with Crippen molar-refractivity contribution in [2.24, 2.45) is 22.7 Å². The van der Waals surface area contributed by atoms with Gasteiger partial charge in [-0.1, -0.05) is 46.2 Å². The average Bonchev–Trinajstić information content (AvgIpc) is 3.25. The number of aromatic nitrogens is 2. The lowest BCUT2D eigenvalue weighted by Crippen LogP contribution is -2.57. The number of nitrogens with one attached hydrogen (secondary N) is 3. The van der Waals surface area contributed by atoms with E-state index in [1.54, 1.807) is 11.0 Å². The van der Waals surface area contributed by atoms with Gasteiger partial charge in [0.25, 0.3) is 5.56 Å². The number of H-pyrrole nitrogens is 1. The fourth-order valence-electron chi connectivity index (χ4n) is 6.30. The van der Waals surface area contributed by atoms with Crippen LogP contribution in [0.25, 0.3) is 10.9 Å². The van der Waals surface area contributed by atoms with Crippen LogP contribution >= 0.6 is 11.3 Å². The fraction of sp³-hybridized carbons (Fsp3) is 0.516. The minimum absolute atomic E-state index is 0.000523. The van der Waals surface area contributed by atoms with E-state index in [-0.39, 0.29) is 41.0 Å². The molecule has 5 rings (SSSR count). The molecule has 41 heavy (non-hydrogen) atoms. The molecule has 5 atom stereocenters. The first-order chi connectivity index (χ1) is 19.2. The number of rotatable bonds is 7. The Kier molecular flexibility index (Phi) is 7.23. The molecular formula is C31H38N6O3S. The van der Waals surface area contributed by atoms with E-state index in [0.29, 0.717) is 17.2 Å². The summed E-state index contributed by atoms with van der Waals surface area (Å²) in [5, 5.41) is 19.6. The fourth-order valence-corrected chi connectivity index (χ4v) is 7.02. The molecule has 0 unspecified atom stereocenters. The highest BCUT2D eigenvalue weighted by Gasteiger charge is 2.69. The molecule has 1 aliphatic carbocycles. The van der Waals surface area contributed by atoms with Gasteiger partial charge in [0.1, 0.15) is 18.1 Å². The van der Waals surface area contributed by atoms with Crippen LogP contribution in [-0.2, 0) is 16.0 Å². The number of amides is 2. The Labute approximate surface area is 244 Å². The van der Waals surface area contributed by atoms with E-state index in [1.165, 1.54) is 11.3 Å². The van der Waals surface area contributed by atoms with Crippen LogP contribution < -0.4 is 16.2 Å². The molecule has 0 bridgehead atoms. The number of aryl methyl sites for hydroxylation is 2. The third-order valence-corrected chi connectivity index (χ3v) is 9.62. The monoisotopic (exact) mass is 574 g/mol. The largest absolute Gasteiger partial charge is 0.349 e. The Morgan fingerprint density at radius 1 is 1.27 bits per heavy atom. The molecular weight excluding hydrogens is 536 g/mol. The van der Waals surface area contributed by atoms with Crippen molar-refractivity contribution in [3.63, 3.8) is 0 Å². The smallest absolute Gasteiger partial charge is 0.251 e. The van der Waals surface area contributed by atoms with Gasteiger partial charge in [0.15, 0.2) is 5.13 Å². The van der Waals surface area contributed by atoms with E-state index in [0.717, 1.165) is 22.2 Å². The molecule has 1 aromatic carbocycles. The molecule has 10 heteroatoms. The molecule has 0 spiro atoms. The molecule has 1 saturated heterocycles. The molecule has 3 N–H and O–H groups in total. The van der Waals surface area contributed by atoms with E-state index in [2.05, 4.69) is 40.5 Å². The minimum Gasteiger partial charge on any atom is -0.349 e. The van der Waals surface area contributed by atoms with Crippen molar-refractivity contribution in [1.29, 1.82) is 5.26 Å².